The van der Waals surface area contributed by atoms with E-state index in [9.17, 15) is 4.79 Å². The molecule has 5 N–H and O–H groups in total. The molecule has 0 amide bonds. The molecule has 0 saturated carbocycles. The second kappa shape index (κ2) is 31.8. The molecule has 1 aromatic heterocycles. The zero-order chi connectivity index (χ0) is 33.3. The topological polar surface area (TPSA) is 116 Å². The Morgan fingerprint density at radius 3 is 1.80 bits per heavy atom. The molecule has 270 valence electrons. The molecule has 0 bridgehead atoms. The number of hydrogen-bond acceptors (Lipinski definition) is 7. The smallest absolute Gasteiger partial charge is 0.306 e. The van der Waals surface area contributed by atoms with Crippen LogP contribution in [-0.4, -0.2) is 65.1 Å². The quantitative estimate of drug-likeness (QED) is 0.0427. The number of H-pyrrole nitrogens is 1. The summed E-state index contributed by atoms with van der Waals surface area (Å²) in [5.74, 6) is 1.42. The summed E-state index contributed by atoms with van der Waals surface area (Å²) in [6.07, 6.45) is 30.7. The predicted octanol–water partition coefficient (Wildman–Crippen LogP) is 9.79. The Labute approximate surface area is 283 Å². The van der Waals surface area contributed by atoms with Crippen molar-refractivity contribution in [1.29, 1.82) is 0 Å². The van der Waals surface area contributed by atoms with Crippen LogP contribution in [0.3, 0.4) is 0 Å². The highest BCUT2D eigenvalue weighted by atomic mass is 16.5. The van der Waals surface area contributed by atoms with Crippen LogP contribution >= 0.6 is 0 Å². The zero-order valence-corrected chi connectivity index (χ0v) is 30.3. The molecular formula is C38H75N5O3. The van der Waals surface area contributed by atoms with Gasteiger partial charge in [0.05, 0.1) is 0 Å². The Bertz CT molecular complexity index is 774. The van der Waals surface area contributed by atoms with Crippen molar-refractivity contribution in [2.45, 2.75) is 187 Å². The van der Waals surface area contributed by atoms with E-state index in [-0.39, 0.29) is 12.1 Å². The standard InChI is InChI=1S/C38H75N5O3/c1-3-5-7-9-13-19-26-35(27-20-14-10-8-6-4-2)46-38(45)28-21-15-11-16-22-30-43(31-23-17-12-18-24-33-44)32-25-29-40-37-34-36(39)41-42-37/h34-35,44H,3-33H2,1-2H3,(H4,39,40,41,42). The fourth-order valence-corrected chi connectivity index (χ4v) is 6.21. The number of ether oxygens (including phenoxy) is 1. The number of nitrogens with zero attached hydrogens (tertiary/aromatic N) is 2. The van der Waals surface area contributed by atoms with Crippen LogP contribution in [0, 0.1) is 0 Å². The summed E-state index contributed by atoms with van der Waals surface area (Å²) >= 11 is 0. The highest BCUT2D eigenvalue weighted by Crippen LogP contribution is 2.18. The molecular weight excluding hydrogens is 574 g/mol. The van der Waals surface area contributed by atoms with E-state index in [0.29, 0.717) is 18.8 Å². The van der Waals surface area contributed by atoms with Crippen molar-refractivity contribution < 1.29 is 14.6 Å². The number of nitrogens with two attached hydrogens (primary N) is 1. The lowest BCUT2D eigenvalue weighted by atomic mass is 10.0. The Balaban J connectivity index is 2.27. The van der Waals surface area contributed by atoms with E-state index < -0.39 is 0 Å². The van der Waals surface area contributed by atoms with E-state index in [0.717, 1.165) is 76.9 Å². The SMILES string of the molecule is CCCCCCCCC(CCCCCCCC)OC(=O)CCCCCCCN(CCCCCCCO)CCCNc1cc(N)[nH]n1. The van der Waals surface area contributed by atoms with Gasteiger partial charge in [-0.15, -0.1) is 0 Å². The third kappa shape index (κ3) is 26.3. The molecule has 0 aliphatic carbocycles. The van der Waals surface area contributed by atoms with Crippen LogP contribution in [-0.2, 0) is 9.53 Å². The predicted molar refractivity (Wildman–Crippen MR) is 196 cm³/mol. The van der Waals surface area contributed by atoms with Crippen LogP contribution in [0.2, 0.25) is 0 Å². The van der Waals surface area contributed by atoms with Crippen LogP contribution in [0.5, 0.6) is 0 Å². The number of carbonyl (C=O) groups is 1. The van der Waals surface area contributed by atoms with Gasteiger partial charge in [0.15, 0.2) is 0 Å². The summed E-state index contributed by atoms with van der Waals surface area (Å²) in [4.78, 5) is 15.3. The molecule has 0 aromatic carbocycles. The van der Waals surface area contributed by atoms with Crippen molar-refractivity contribution in [2.75, 3.05) is 43.8 Å². The summed E-state index contributed by atoms with van der Waals surface area (Å²) in [6.45, 7) is 9.06. The lowest BCUT2D eigenvalue weighted by molar-refractivity contribution is -0.150. The van der Waals surface area contributed by atoms with Crippen LogP contribution in [0.15, 0.2) is 6.07 Å². The van der Waals surface area contributed by atoms with Crippen molar-refractivity contribution in [3.63, 3.8) is 0 Å². The fourth-order valence-electron chi connectivity index (χ4n) is 6.21. The molecule has 0 aliphatic rings. The van der Waals surface area contributed by atoms with Crippen molar-refractivity contribution in [2.24, 2.45) is 0 Å². The van der Waals surface area contributed by atoms with E-state index in [4.69, 9.17) is 15.6 Å². The maximum absolute atomic E-state index is 12.7. The van der Waals surface area contributed by atoms with Crippen LogP contribution in [0.25, 0.3) is 0 Å². The maximum atomic E-state index is 12.7. The third-order valence-electron chi connectivity index (χ3n) is 9.10. The van der Waals surface area contributed by atoms with E-state index in [1.165, 1.54) is 116 Å². The molecule has 0 spiro atoms. The molecule has 46 heavy (non-hydrogen) atoms. The highest BCUT2D eigenvalue weighted by molar-refractivity contribution is 5.69. The number of rotatable bonds is 35. The van der Waals surface area contributed by atoms with Gasteiger partial charge in [-0.25, -0.2) is 0 Å². The Morgan fingerprint density at radius 2 is 1.26 bits per heavy atom. The number of aliphatic hydroxyl groups is 1. The van der Waals surface area contributed by atoms with Gasteiger partial charge in [-0.3, -0.25) is 9.89 Å². The third-order valence-corrected chi connectivity index (χ3v) is 9.10. The minimum Gasteiger partial charge on any atom is -0.462 e. The van der Waals surface area contributed by atoms with Crippen molar-refractivity contribution in [3.05, 3.63) is 6.07 Å². The Kier molecular flexibility index (Phi) is 29.2. The number of hydrogen-bond donors (Lipinski definition) is 4. The second-order valence-corrected chi connectivity index (χ2v) is 13.6. The number of esters is 1. The number of carbonyl (C=O) groups excluding carboxylic acids is 1. The number of aromatic amines is 1. The van der Waals surface area contributed by atoms with E-state index in [1.807, 2.05) is 6.07 Å². The summed E-state index contributed by atoms with van der Waals surface area (Å²) in [5, 5.41) is 19.3. The normalized spacial score (nSPS) is 11.6. The lowest BCUT2D eigenvalue weighted by Crippen LogP contribution is -2.28. The molecule has 8 heteroatoms. The van der Waals surface area contributed by atoms with E-state index in [1.54, 1.807) is 0 Å². The first-order valence-electron chi connectivity index (χ1n) is 19.7. The molecule has 0 radical (unpaired) electrons. The van der Waals surface area contributed by atoms with Gasteiger partial charge in [0, 0.05) is 25.6 Å². The van der Waals surface area contributed by atoms with E-state index in [2.05, 4.69) is 34.3 Å². The van der Waals surface area contributed by atoms with Crippen molar-refractivity contribution >= 4 is 17.6 Å². The first-order valence-corrected chi connectivity index (χ1v) is 19.7. The molecule has 1 aromatic rings. The van der Waals surface area contributed by atoms with Gasteiger partial charge in [0.25, 0.3) is 0 Å². The first kappa shape index (κ1) is 42.2. The Morgan fingerprint density at radius 1 is 0.761 bits per heavy atom. The number of unbranched alkanes of at least 4 members (excludes halogenated alkanes) is 18. The maximum Gasteiger partial charge on any atom is 0.306 e. The second-order valence-electron chi connectivity index (χ2n) is 13.6. The summed E-state index contributed by atoms with van der Waals surface area (Å²) in [6, 6.07) is 1.83. The average Bonchev–Trinajstić information content (AvgIpc) is 3.47. The van der Waals surface area contributed by atoms with Gasteiger partial charge >= 0.3 is 5.97 Å². The van der Waals surface area contributed by atoms with Crippen LogP contribution < -0.4 is 11.1 Å². The molecule has 0 aliphatic heterocycles. The fraction of sp³-hybridized carbons (Fsp3) is 0.895. The summed E-state index contributed by atoms with van der Waals surface area (Å²) in [7, 11) is 0. The summed E-state index contributed by atoms with van der Waals surface area (Å²) in [5.41, 5.74) is 5.72. The largest absolute Gasteiger partial charge is 0.462 e. The van der Waals surface area contributed by atoms with Crippen LogP contribution in [0.1, 0.15) is 181 Å². The number of aromatic nitrogens is 2. The van der Waals surface area contributed by atoms with Gasteiger partial charge in [0.1, 0.15) is 17.7 Å². The number of anilines is 2. The van der Waals surface area contributed by atoms with E-state index >= 15 is 0 Å². The van der Waals surface area contributed by atoms with Crippen LogP contribution in [0.4, 0.5) is 11.6 Å². The van der Waals surface area contributed by atoms with Gasteiger partial charge < -0.3 is 25.8 Å². The molecule has 1 heterocycles. The molecule has 0 fully saturated rings. The van der Waals surface area contributed by atoms with Gasteiger partial charge in [-0.1, -0.05) is 117 Å². The van der Waals surface area contributed by atoms with Gasteiger partial charge in [-0.05, 0) is 77.4 Å². The number of nitrogen functional groups attached to an aromatic ring is 1. The molecule has 0 atom stereocenters. The molecule has 0 unspecified atom stereocenters. The zero-order valence-electron chi connectivity index (χ0n) is 30.3. The average molecular weight is 650 g/mol. The number of nitrogens with one attached hydrogen (secondary N) is 2. The van der Waals surface area contributed by atoms with Gasteiger partial charge in [-0.2, -0.15) is 5.10 Å². The minimum absolute atomic E-state index is 0.0262. The molecule has 8 nitrogen and oxygen atoms in total. The monoisotopic (exact) mass is 650 g/mol. The number of aliphatic hydroxyl groups excluding tert-OH is 1. The molecule has 0 saturated heterocycles. The molecule has 1 rings (SSSR count). The Hall–Kier alpha value is -1.80. The van der Waals surface area contributed by atoms with Gasteiger partial charge in [0.2, 0.25) is 0 Å². The summed E-state index contributed by atoms with van der Waals surface area (Å²) < 4.78 is 6.03. The van der Waals surface area contributed by atoms with Crippen molar-refractivity contribution in [1.82, 2.24) is 15.1 Å². The minimum atomic E-state index is 0.0262. The first-order chi connectivity index (χ1) is 22.6. The van der Waals surface area contributed by atoms with Crippen molar-refractivity contribution in [3.8, 4) is 0 Å². The lowest BCUT2D eigenvalue weighted by Gasteiger charge is -2.22. The highest BCUT2D eigenvalue weighted by Gasteiger charge is 2.14.